The second-order valence-corrected chi connectivity index (χ2v) is 17.4. The fraction of sp³-hybridized carbons (Fsp3) is 0.167. The van der Waals surface area contributed by atoms with Crippen LogP contribution in [0.3, 0.4) is 0 Å². The zero-order valence-corrected chi connectivity index (χ0v) is 36.3. The van der Waals surface area contributed by atoms with Gasteiger partial charge in [0.2, 0.25) is 11.8 Å². The normalized spacial score (nSPS) is 13.4. The largest absolute Gasteiger partial charge is 0.454 e. The number of pyridine rings is 2. The predicted octanol–water partition coefficient (Wildman–Crippen LogP) is 5.14. The van der Waals surface area contributed by atoms with Crippen molar-refractivity contribution >= 4 is 46.2 Å². The zero-order chi connectivity index (χ0) is 43.4. The Balaban J connectivity index is 1.08. The van der Waals surface area contributed by atoms with Gasteiger partial charge in [-0.15, -0.1) is 0 Å². The van der Waals surface area contributed by atoms with E-state index in [-0.39, 0.29) is 0 Å². The first-order valence-corrected chi connectivity index (χ1v) is 21.3. The fourth-order valence-electron chi connectivity index (χ4n) is 10.3. The Morgan fingerprint density at radius 2 is 0.703 bits per heavy atom. The lowest BCUT2D eigenvalue weighted by atomic mass is 9.32. The quantitative estimate of drug-likeness (QED) is 0.220. The molecule has 9 aromatic rings. The number of hydrogen-bond acceptors (Lipinski definition) is 10. The molecular formula is C48H38B2N10O4. The molecule has 0 fully saturated rings. The van der Waals surface area contributed by atoms with Gasteiger partial charge in [-0.2, -0.15) is 20.4 Å². The van der Waals surface area contributed by atoms with E-state index in [0.29, 0.717) is 46.3 Å². The fourth-order valence-corrected chi connectivity index (χ4v) is 10.3. The Morgan fingerprint density at radius 1 is 0.375 bits per heavy atom. The highest BCUT2D eigenvalue weighted by Crippen LogP contribution is 2.49. The van der Waals surface area contributed by atoms with Crippen molar-refractivity contribution in [1.29, 1.82) is 0 Å². The van der Waals surface area contributed by atoms with Crippen LogP contribution in [0.15, 0.2) is 85.2 Å². The van der Waals surface area contributed by atoms with E-state index in [1.165, 1.54) is 0 Å². The van der Waals surface area contributed by atoms with Gasteiger partial charge >= 0.3 is 0 Å². The number of aryl methyl sites for hydroxylation is 8. The Morgan fingerprint density at radius 3 is 1.05 bits per heavy atom. The van der Waals surface area contributed by atoms with Crippen LogP contribution < -0.4 is 51.7 Å². The number of nitrogens with zero attached hydrogens (tertiary/aromatic N) is 10. The molecule has 310 valence electrons. The monoisotopic (exact) mass is 840 g/mol. The van der Waals surface area contributed by atoms with Gasteiger partial charge in [-0.1, -0.05) is 0 Å². The summed E-state index contributed by atoms with van der Waals surface area (Å²) in [5.74, 6) is 4.40. The minimum absolute atomic E-state index is 0.413. The topological polar surface area (TPSA) is 134 Å². The molecule has 0 saturated heterocycles. The zero-order valence-electron chi connectivity index (χ0n) is 36.3. The maximum absolute atomic E-state index is 7.12. The van der Waals surface area contributed by atoms with Crippen LogP contribution >= 0.6 is 0 Å². The number of rotatable bonds is 4. The van der Waals surface area contributed by atoms with Crippen LogP contribution in [0.1, 0.15) is 45.6 Å². The molecule has 64 heavy (non-hydrogen) atoms. The summed E-state index contributed by atoms with van der Waals surface area (Å²) in [6, 6.07) is 24.9. The van der Waals surface area contributed by atoms with Crippen LogP contribution in [0, 0.1) is 55.4 Å². The van der Waals surface area contributed by atoms with Crippen molar-refractivity contribution in [3.8, 4) is 69.0 Å². The summed E-state index contributed by atoms with van der Waals surface area (Å²) in [5.41, 5.74) is 16.3. The van der Waals surface area contributed by atoms with E-state index in [2.05, 4.69) is 62.4 Å². The average Bonchev–Trinajstić information content (AvgIpc) is 4.03. The smallest absolute Gasteiger partial charge is 0.263 e. The lowest BCUT2D eigenvalue weighted by molar-refractivity contribution is 0.388. The highest BCUT2D eigenvalue weighted by Gasteiger charge is 2.51. The number of benzene rings is 3. The maximum Gasteiger partial charge on any atom is 0.263 e. The first-order chi connectivity index (χ1) is 30.9. The molecule has 16 heteroatoms. The van der Waals surface area contributed by atoms with Crippen molar-refractivity contribution in [2.45, 2.75) is 55.4 Å². The SMILES string of the molecule is Cc1cc(C)n(-c2ccc3c(c2)B2c4cc(-n5nc(C)cc5C)cnc4Oc4c5c6c(c(c42)O3)Oc2ncc(-n3nc(C)cc3C)cc2B6c2cc(-n3nc(C)cc3C)ccc2O5)n1. The molecule has 0 amide bonds. The van der Waals surface area contributed by atoms with Gasteiger partial charge in [0, 0.05) is 33.7 Å². The van der Waals surface area contributed by atoms with Crippen LogP contribution in [-0.2, 0) is 0 Å². The second kappa shape index (κ2) is 12.8. The summed E-state index contributed by atoms with van der Waals surface area (Å²) in [5, 5.41) is 19.3. The van der Waals surface area contributed by atoms with E-state index in [1.54, 1.807) is 0 Å². The van der Waals surface area contributed by atoms with Crippen LogP contribution in [0.2, 0.25) is 0 Å². The molecule has 14 nitrogen and oxygen atoms in total. The number of ether oxygens (including phenoxy) is 4. The van der Waals surface area contributed by atoms with Crippen LogP contribution in [0.4, 0.5) is 0 Å². The number of hydrogen-bond donors (Lipinski definition) is 0. The molecule has 4 aliphatic rings. The third-order valence-corrected chi connectivity index (χ3v) is 12.8. The number of aromatic nitrogens is 10. The molecule has 10 heterocycles. The molecule has 3 aromatic carbocycles. The first-order valence-electron chi connectivity index (χ1n) is 21.3. The van der Waals surface area contributed by atoms with E-state index in [1.807, 2.05) is 96.9 Å². The molecule has 0 spiro atoms. The average molecular weight is 841 g/mol. The van der Waals surface area contributed by atoms with Crippen LogP contribution in [0.25, 0.3) is 22.7 Å². The Hall–Kier alpha value is -7.87. The van der Waals surface area contributed by atoms with E-state index in [9.17, 15) is 0 Å². The van der Waals surface area contributed by atoms with E-state index < -0.39 is 13.4 Å². The van der Waals surface area contributed by atoms with Gasteiger partial charge in [0.05, 0.1) is 57.9 Å². The summed E-state index contributed by atoms with van der Waals surface area (Å²) >= 11 is 0. The summed E-state index contributed by atoms with van der Waals surface area (Å²) in [6.07, 6.45) is 3.62. The molecule has 6 aromatic heterocycles. The third kappa shape index (κ3) is 5.16. The summed E-state index contributed by atoms with van der Waals surface area (Å²) in [7, 11) is 0. The molecule has 0 bridgehead atoms. The van der Waals surface area contributed by atoms with E-state index in [0.717, 1.165) is 101 Å². The predicted molar refractivity (Wildman–Crippen MR) is 244 cm³/mol. The van der Waals surface area contributed by atoms with Gasteiger partial charge < -0.3 is 18.9 Å². The van der Waals surface area contributed by atoms with Gasteiger partial charge in [-0.05, 0) is 150 Å². The lowest BCUT2D eigenvalue weighted by Crippen LogP contribution is -2.62. The van der Waals surface area contributed by atoms with Crippen molar-refractivity contribution in [3.63, 3.8) is 0 Å². The molecule has 13 rings (SSSR count). The first kappa shape index (κ1) is 36.8. The standard InChI is InChI=1S/C48H38B2N10O4/c1-23-13-27(5)57(53-23)31-9-11-39-35(17-31)49-37-19-33(59-29(7)15-25(3)55-59)21-51-47(37)63-45-41(49)43(61-39)46-42-44(45)62-40-12-10-32(58-28(6)14-24(2)54-58)18-36(40)50(42)38-20-34(22-52-48(38)64-46)60-30(8)16-26(4)56-60/h9-22H,1-8H3. The third-order valence-electron chi connectivity index (χ3n) is 12.8. The molecule has 4 aliphatic heterocycles. The Labute approximate surface area is 368 Å². The van der Waals surface area contributed by atoms with Gasteiger partial charge in [0.15, 0.2) is 23.0 Å². The van der Waals surface area contributed by atoms with Crippen molar-refractivity contribution in [2.75, 3.05) is 0 Å². The highest BCUT2D eigenvalue weighted by atomic mass is 16.5. The molecule has 0 unspecified atom stereocenters. The van der Waals surface area contributed by atoms with E-state index in [4.69, 9.17) is 49.3 Å². The molecule has 0 radical (unpaired) electrons. The van der Waals surface area contributed by atoms with Crippen molar-refractivity contribution in [2.24, 2.45) is 0 Å². The molecular weight excluding hydrogens is 802 g/mol. The number of fused-ring (bicyclic) bond motifs is 10. The van der Waals surface area contributed by atoms with Gasteiger partial charge in [0.1, 0.15) is 11.5 Å². The van der Waals surface area contributed by atoms with Gasteiger partial charge in [0.25, 0.3) is 13.4 Å². The van der Waals surface area contributed by atoms with Crippen molar-refractivity contribution < 1.29 is 18.9 Å². The highest BCUT2D eigenvalue weighted by molar-refractivity contribution is 7.00. The van der Waals surface area contributed by atoms with Gasteiger partial charge in [-0.3, -0.25) is 0 Å². The minimum Gasteiger partial charge on any atom is -0.454 e. The Kier molecular flexibility index (Phi) is 7.38. The molecule has 0 saturated carbocycles. The van der Waals surface area contributed by atoms with Crippen molar-refractivity contribution in [1.82, 2.24) is 49.1 Å². The van der Waals surface area contributed by atoms with Crippen LogP contribution in [-0.4, -0.2) is 62.5 Å². The summed E-state index contributed by atoms with van der Waals surface area (Å²) in [4.78, 5) is 10.1. The van der Waals surface area contributed by atoms with E-state index >= 15 is 0 Å². The maximum atomic E-state index is 7.12. The second-order valence-electron chi connectivity index (χ2n) is 17.4. The Bertz CT molecular complexity index is 3090. The van der Waals surface area contributed by atoms with Crippen LogP contribution in [0.5, 0.6) is 46.3 Å². The lowest BCUT2D eigenvalue weighted by Gasteiger charge is -2.39. The summed E-state index contributed by atoms with van der Waals surface area (Å²) in [6.45, 7) is 15.4. The minimum atomic E-state index is -0.413. The molecule has 0 N–H and O–H groups in total. The summed E-state index contributed by atoms with van der Waals surface area (Å²) < 4.78 is 36.1. The molecule has 0 atom stereocenters. The van der Waals surface area contributed by atoms with Gasteiger partial charge in [-0.25, -0.2) is 28.7 Å². The van der Waals surface area contributed by atoms with Crippen molar-refractivity contribution in [3.05, 3.63) is 131 Å². The molecule has 0 aliphatic carbocycles.